The molecule has 0 aliphatic carbocycles. The first-order valence-corrected chi connectivity index (χ1v) is 6.06. The fourth-order valence-electron chi connectivity index (χ4n) is 1.55. The van der Waals surface area contributed by atoms with Crippen LogP contribution in [0, 0.1) is 12.3 Å². The Labute approximate surface area is 112 Å². The van der Waals surface area contributed by atoms with E-state index in [1.807, 2.05) is 45.9 Å². The van der Waals surface area contributed by atoms with E-state index in [1.165, 1.54) is 6.39 Å². The SMILES string of the molecule is Cc1cc(-c2nnco2)ccc1NC(=O)C(C)(C)C. The van der Waals surface area contributed by atoms with Crippen LogP contribution in [0.25, 0.3) is 11.5 Å². The number of hydrogen-bond donors (Lipinski definition) is 1. The number of aromatic nitrogens is 2. The van der Waals surface area contributed by atoms with Gasteiger partial charge in [0.15, 0.2) is 0 Å². The molecule has 5 nitrogen and oxygen atoms in total. The van der Waals surface area contributed by atoms with Gasteiger partial charge in [-0.1, -0.05) is 20.8 Å². The number of benzene rings is 1. The second-order valence-corrected chi connectivity index (χ2v) is 5.48. The lowest BCUT2D eigenvalue weighted by Gasteiger charge is -2.18. The summed E-state index contributed by atoms with van der Waals surface area (Å²) in [5, 5.41) is 10.4. The third-order valence-corrected chi connectivity index (χ3v) is 2.76. The van der Waals surface area contributed by atoms with Crippen molar-refractivity contribution >= 4 is 11.6 Å². The van der Waals surface area contributed by atoms with Crippen LogP contribution in [0.3, 0.4) is 0 Å². The number of rotatable bonds is 2. The second-order valence-electron chi connectivity index (χ2n) is 5.48. The Morgan fingerprint density at radius 2 is 2.05 bits per heavy atom. The smallest absolute Gasteiger partial charge is 0.247 e. The van der Waals surface area contributed by atoms with Gasteiger partial charge in [-0.25, -0.2) is 0 Å². The van der Waals surface area contributed by atoms with Crippen molar-refractivity contribution in [3.63, 3.8) is 0 Å². The van der Waals surface area contributed by atoms with Crippen LogP contribution in [0.5, 0.6) is 0 Å². The normalized spacial score (nSPS) is 11.4. The van der Waals surface area contributed by atoms with E-state index < -0.39 is 5.41 Å². The van der Waals surface area contributed by atoms with Gasteiger partial charge in [-0.3, -0.25) is 4.79 Å². The van der Waals surface area contributed by atoms with E-state index in [-0.39, 0.29) is 5.91 Å². The van der Waals surface area contributed by atoms with Gasteiger partial charge in [-0.2, -0.15) is 0 Å². The molecule has 2 aromatic rings. The van der Waals surface area contributed by atoms with Crippen molar-refractivity contribution in [1.29, 1.82) is 0 Å². The minimum absolute atomic E-state index is 0.0128. The molecule has 1 N–H and O–H groups in total. The number of carbonyl (C=O) groups excluding carboxylic acids is 1. The van der Waals surface area contributed by atoms with Crippen LogP contribution < -0.4 is 5.32 Å². The van der Waals surface area contributed by atoms with Crippen LogP contribution >= 0.6 is 0 Å². The molecule has 0 bridgehead atoms. The minimum Gasteiger partial charge on any atom is -0.423 e. The Hall–Kier alpha value is -2.17. The first-order valence-electron chi connectivity index (χ1n) is 6.06. The topological polar surface area (TPSA) is 68.0 Å². The van der Waals surface area contributed by atoms with E-state index in [4.69, 9.17) is 4.42 Å². The summed E-state index contributed by atoms with van der Waals surface area (Å²) in [6.07, 6.45) is 1.29. The third-order valence-electron chi connectivity index (χ3n) is 2.76. The predicted molar refractivity (Wildman–Crippen MR) is 72.6 cm³/mol. The lowest BCUT2D eigenvalue weighted by molar-refractivity contribution is -0.123. The van der Waals surface area contributed by atoms with Crippen molar-refractivity contribution in [2.45, 2.75) is 27.7 Å². The van der Waals surface area contributed by atoms with E-state index in [1.54, 1.807) is 0 Å². The van der Waals surface area contributed by atoms with E-state index in [0.717, 1.165) is 16.8 Å². The first kappa shape index (κ1) is 13.3. The van der Waals surface area contributed by atoms with Crippen molar-refractivity contribution < 1.29 is 9.21 Å². The van der Waals surface area contributed by atoms with Crippen LogP contribution in [-0.2, 0) is 4.79 Å². The van der Waals surface area contributed by atoms with Crippen molar-refractivity contribution in [3.8, 4) is 11.5 Å². The van der Waals surface area contributed by atoms with Gasteiger partial charge in [-0.05, 0) is 30.7 Å². The zero-order valence-corrected chi connectivity index (χ0v) is 11.5. The Balaban J connectivity index is 2.23. The monoisotopic (exact) mass is 259 g/mol. The Morgan fingerprint density at radius 3 is 2.58 bits per heavy atom. The van der Waals surface area contributed by atoms with E-state index in [0.29, 0.717) is 5.89 Å². The number of amides is 1. The molecule has 1 aromatic carbocycles. The molecule has 2 rings (SSSR count). The molecule has 1 aromatic heterocycles. The molecule has 1 heterocycles. The van der Waals surface area contributed by atoms with Crippen LogP contribution in [0.2, 0.25) is 0 Å². The van der Waals surface area contributed by atoms with Gasteiger partial charge < -0.3 is 9.73 Å². The summed E-state index contributed by atoms with van der Waals surface area (Å²) >= 11 is 0. The summed E-state index contributed by atoms with van der Waals surface area (Å²) in [7, 11) is 0. The zero-order valence-electron chi connectivity index (χ0n) is 11.5. The van der Waals surface area contributed by atoms with Crippen molar-refractivity contribution in [3.05, 3.63) is 30.2 Å². The van der Waals surface area contributed by atoms with Gasteiger partial charge in [0.25, 0.3) is 0 Å². The maximum Gasteiger partial charge on any atom is 0.247 e. The third kappa shape index (κ3) is 2.99. The molecular formula is C14H17N3O2. The molecule has 1 amide bonds. The van der Waals surface area contributed by atoms with Crippen molar-refractivity contribution in [2.24, 2.45) is 5.41 Å². The quantitative estimate of drug-likeness (QED) is 0.900. The molecule has 0 fully saturated rings. The highest BCUT2D eigenvalue weighted by molar-refractivity contribution is 5.95. The number of aryl methyl sites for hydroxylation is 1. The molecule has 0 saturated heterocycles. The average molecular weight is 259 g/mol. The molecule has 5 heteroatoms. The van der Waals surface area contributed by atoms with Gasteiger partial charge >= 0.3 is 0 Å². The van der Waals surface area contributed by atoms with E-state index >= 15 is 0 Å². The lowest BCUT2D eigenvalue weighted by atomic mass is 9.95. The Bertz CT molecular complexity index is 583. The molecule has 100 valence electrons. The number of nitrogens with zero attached hydrogens (tertiary/aromatic N) is 2. The highest BCUT2D eigenvalue weighted by Gasteiger charge is 2.21. The van der Waals surface area contributed by atoms with Gasteiger partial charge in [0.2, 0.25) is 18.2 Å². The van der Waals surface area contributed by atoms with Crippen LogP contribution in [0.4, 0.5) is 5.69 Å². The molecular weight excluding hydrogens is 242 g/mol. The molecule has 0 unspecified atom stereocenters. The fraction of sp³-hybridized carbons (Fsp3) is 0.357. The number of anilines is 1. The Morgan fingerprint density at radius 1 is 1.32 bits per heavy atom. The lowest BCUT2D eigenvalue weighted by Crippen LogP contribution is -2.27. The van der Waals surface area contributed by atoms with E-state index in [9.17, 15) is 4.79 Å². The standard InChI is InChI=1S/C14H17N3O2/c1-9-7-10(12-17-15-8-19-12)5-6-11(9)16-13(18)14(2,3)4/h5-8H,1-4H3,(H,16,18). The summed E-state index contributed by atoms with van der Waals surface area (Å²) in [5.41, 5.74) is 2.16. The van der Waals surface area contributed by atoms with E-state index in [2.05, 4.69) is 15.5 Å². The fourth-order valence-corrected chi connectivity index (χ4v) is 1.55. The highest BCUT2D eigenvalue weighted by Crippen LogP contribution is 2.25. The van der Waals surface area contributed by atoms with Crippen LogP contribution in [-0.4, -0.2) is 16.1 Å². The zero-order chi connectivity index (χ0) is 14.0. The molecule has 0 aliphatic rings. The van der Waals surface area contributed by atoms with Gasteiger partial charge in [0, 0.05) is 16.7 Å². The van der Waals surface area contributed by atoms with Crippen LogP contribution in [0.1, 0.15) is 26.3 Å². The largest absolute Gasteiger partial charge is 0.423 e. The average Bonchev–Trinajstić information content (AvgIpc) is 2.84. The van der Waals surface area contributed by atoms with Gasteiger partial charge in [0.1, 0.15) is 0 Å². The molecule has 0 atom stereocenters. The summed E-state index contributed by atoms with van der Waals surface area (Å²) < 4.78 is 5.14. The molecule has 0 spiro atoms. The number of nitrogens with one attached hydrogen (secondary N) is 1. The van der Waals surface area contributed by atoms with Crippen molar-refractivity contribution in [2.75, 3.05) is 5.32 Å². The van der Waals surface area contributed by atoms with Gasteiger partial charge in [-0.15, -0.1) is 10.2 Å². The van der Waals surface area contributed by atoms with Crippen LogP contribution in [0.15, 0.2) is 29.0 Å². The maximum absolute atomic E-state index is 11.9. The molecule has 0 saturated carbocycles. The molecule has 0 radical (unpaired) electrons. The van der Waals surface area contributed by atoms with Crippen molar-refractivity contribution in [1.82, 2.24) is 10.2 Å². The summed E-state index contributed by atoms with van der Waals surface area (Å²) in [6, 6.07) is 5.60. The first-order chi connectivity index (χ1) is 8.88. The predicted octanol–water partition coefficient (Wildman–Crippen LogP) is 3.03. The minimum atomic E-state index is -0.419. The summed E-state index contributed by atoms with van der Waals surface area (Å²) in [6.45, 7) is 7.57. The summed E-state index contributed by atoms with van der Waals surface area (Å²) in [5.74, 6) is 0.456. The summed E-state index contributed by atoms with van der Waals surface area (Å²) in [4.78, 5) is 11.9. The Kier molecular flexibility index (Phi) is 3.38. The number of hydrogen-bond acceptors (Lipinski definition) is 4. The number of carbonyl (C=O) groups is 1. The second kappa shape index (κ2) is 4.84. The maximum atomic E-state index is 11.9. The molecule has 19 heavy (non-hydrogen) atoms. The molecule has 0 aliphatic heterocycles. The highest BCUT2D eigenvalue weighted by atomic mass is 16.4. The van der Waals surface area contributed by atoms with Gasteiger partial charge in [0.05, 0.1) is 0 Å².